The van der Waals surface area contributed by atoms with E-state index in [0.717, 1.165) is 19.3 Å². The largest absolute Gasteiger partial charge is 0.476 e. The van der Waals surface area contributed by atoms with E-state index < -0.39 is 18.4 Å². The van der Waals surface area contributed by atoms with Crippen molar-refractivity contribution in [1.82, 2.24) is 19.5 Å². The van der Waals surface area contributed by atoms with Gasteiger partial charge in [-0.2, -0.15) is 9.97 Å². The Hall–Kier alpha value is -1.97. The maximum absolute atomic E-state index is 9.91. The van der Waals surface area contributed by atoms with Gasteiger partial charge in [0.2, 0.25) is 11.8 Å². The van der Waals surface area contributed by atoms with E-state index in [0.29, 0.717) is 30.1 Å². The van der Waals surface area contributed by atoms with Crippen LogP contribution in [0.5, 0.6) is 5.88 Å². The number of aromatic nitrogens is 4. The molecule has 1 aliphatic rings. The van der Waals surface area contributed by atoms with Crippen LogP contribution in [0.2, 0.25) is 0 Å². The van der Waals surface area contributed by atoms with E-state index >= 15 is 0 Å². The molecule has 0 bridgehead atoms. The first-order chi connectivity index (χ1) is 11.6. The van der Waals surface area contributed by atoms with Gasteiger partial charge in [-0.1, -0.05) is 19.8 Å². The fourth-order valence-corrected chi connectivity index (χ4v) is 2.79. The van der Waals surface area contributed by atoms with Gasteiger partial charge in [-0.15, -0.1) is 0 Å². The van der Waals surface area contributed by atoms with Crippen LogP contribution in [-0.4, -0.2) is 55.2 Å². The van der Waals surface area contributed by atoms with Gasteiger partial charge in [-0.3, -0.25) is 4.57 Å². The summed E-state index contributed by atoms with van der Waals surface area (Å²) < 4.78 is 13.0. The highest BCUT2D eigenvalue weighted by Gasteiger charge is 2.35. The molecule has 0 amide bonds. The zero-order chi connectivity index (χ0) is 17.1. The molecular formula is C15H23N5O4. The monoisotopic (exact) mass is 337 g/mol. The molecule has 0 radical (unpaired) electrons. The highest BCUT2D eigenvalue weighted by molar-refractivity contribution is 5.77. The van der Waals surface area contributed by atoms with E-state index in [-0.39, 0.29) is 12.6 Å². The molecule has 2 aromatic rings. The molecule has 1 fully saturated rings. The molecule has 0 spiro atoms. The normalized spacial score (nSPS) is 23.9. The molecule has 0 aromatic carbocycles. The second-order valence-corrected chi connectivity index (χ2v) is 5.88. The summed E-state index contributed by atoms with van der Waals surface area (Å²) in [5.74, 6) is 0.441. The van der Waals surface area contributed by atoms with Crippen molar-refractivity contribution in [1.29, 1.82) is 0 Å². The zero-order valence-corrected chi connectivity index (χ0v) is 13.6. The summed E-state index contributed by atoms with van der Waals surface area (Å²) in [6.45, 7) is 2.42. The van der Waals surface area contributed by atoms with E-state index in [1.807, 2.05) is 0 Å². The third-order valence-electron chi connectivity index (χ3n) is 4.09. The Balaban J connectivity index is 1.85. The Morgan fingerprint density at radius 1 is 1.42 bits per heavy atom. The number of aliphatic hydroxyl groups excluding tert-OH is 2. The van der Waals surface area contributed by atoms with Crippen molar-refractivity contribution in [3.63, 3.8) is 0 Å². The number of hydrogen-bond donors (Lipinski definition) is 3. The van der Waals surface area contributed by atoms with Gasteiger partial charge in [-0.25, -0.2) is 4.98 Å². The van der Waals surface area contributed by atoms with Crippen molar-refractivity contribution < 1.29 is 19.7 Å². The van der Waals surface area contributed by atoms with Crippen molar-refractivity contribution in [2.75, 3.05) is 18.9 Å². The van der Waals surface area contributed by atoms with Gasteiger partial charge in [-0.05, 0) is 6.42 Å². The van der Waals surface area contributed by atoms with E-state index in [1.165, 1.54) is 0 Å². The molecule has 0 unspecified atom stereocenters. The van der Waals surface area contributed by atoms with Crippen molar-refractivity contribution >= 4 is 17.1 Å². The van der Waals surface area contributed by atoms with Gasteiger partial charge in [0.05, 0.1) is 25.6 Å². The van der Waals surface area contributed by atoms with Crippen LogP contribution in [0.4, 0.5) is 5.95 Å². The summed E-state index contributed by atoms with van der Waals surface area (Å²) in [4.78, 5) is 12.7. The lowest BCUT2D eigenvalue weighted by molar-refractivity contribution is -0.0432. The van der Waals surface area contributed by atoms with E-state index in [9.17, 15) is 10.2 Å². The van der Waals surface area contributed by atoms with Crippen LogP contribution in [-0.2, 0) is 4.74 Å². The summed E-state index contributed by atoms with van der Waals surface area (Å²) in [5.41, 5.74) is 6.78. The first-order valence-corrected chi connectivity index (χ1v) is 8.21. The Morgan fingerprint density at radius 2 is 2.25 bits per heavy atom. The molecular weight excluding hydrogens is 314 g/mol. The van der Waals surface area contributed by atoms with Crippen LogP contribution >= 0.6 is 0 Å². The van der Waals surface area contributed by atoms with Gasteiger partial charge in [0.25, 0.3) is 0 Å². The van der Waals surface area contributed by atoms with Crippen molar-refractivity contribution in [3.8, 4) is 5.88 Å². The molecule has 0 saturated carbocycles. The van der Waals surface area contributed by atoms with Crippen LogP contribution < -0.4 is 10.5 Å². The zero-order valence-electron chi connectivity index (χ0n) is 13.6. The first kappa shape index (κ1) is 16.9. The third-order valence-corrected chi connectivity index (χ3v) is 4.09. The lowest BCUT2D eigenvalue weighted by Gasteiger charge is -2.14. The first-order valence-electron chi connectivity index (χ1n) is 8.21. The van der Waals surface area contributed by atoms with Crippen molar-refractivity contribution in [2.45, 2.75) is 51.0 Å². The SMILES string of the molecule is CCCCCOc1nc(N)nc2c1ncn2[C@H]1C[C@H](O)[C@@H](CO)O1. The molecule has 4 N–H and O–H groups in total. The van der Waals surface area contributed by atoms with Crippen LogP contribution in [0.15, 0.2) is 6.33 Å². The second kappa shape index (κ2) is 7.29. The molecule has 9 heteroatoms. The predicted octanol–water partition coefficient (Wildman–Crippen LogP) is 0.618. The number of rotatable bonds is 7. The molecule has 1 aliphatic heterocycles. The van der Waals surface area contributed by atoms with E-state index in [2.05, 4.69) is 21.9 Å². The third kappa shape index (κ3) is 3.28. The van der Waals surface area contributed by atoms with Gasteiger partial charge >= 0.3 is 0 Å². The van der Waals surface area contributed by atoms with Gasteiger partial charge in [0.1, 0.15) is 12.3 Å². The summed E-state index contributed by atoms with van der Waals surface area (Å²) in [5, 5.41) is 19.1. The standard InChI is InChI=1S/C15H23N5O4/c1-2-3-4-5-23-14-12-13(18-15(16)19-14)20(8-17-12)11-6-9(22)10(7-21)24-11/h8-11,21-22H,2-7H2,1H3,(H2,16,18,19)/t9-,10+,11+/m0/s1. The maximum atomic E-state index is 9.91. The maximum Gasteiger partial charge on any atom is 0.247 e. The molecule has 24 heavy (non-hydrogen) atoms. The molecule has 3 rings (SSSR count). The summed E-state index contributed by atoms with van der Waals surface area (Å²) in [7, 11) is 0. The molecule has 1 saturated heterocycles. The molecule has 9 nitrogen and oxygen atoms in total. The minimum Gasteiger partial charge on any atom is -0.476 e. The average Bonchev–Trinajstić information content (AvgIpc) is 3.14. The lowest BCUT2D eigenvalue weighted by Crippen LogP contribution is -2.24. The molecule has 2 aromatic heterocycles. The number of imidazole rings is 1. The number of hydrogen-bond acceptors (Lipinski definition) is 8. The average molecular weight is 337 g/mol. The highest BCUT2D eigenvalue weighted by atomic mass is 16.5. The molecule has 3 heterocycles. The van der Waals surface area contributed by atoms with E-state index in [1.54, 1.807) is 10.9 Å². The second-order valence-electron chi connectivity index (χ2n) is 5.88. The minimum atomic E-state index is -0.735. The van der Waals surface area contributed by atoms with Crippen molar-refractivity contribution in [3.05, 3.63) is 6.33 Å². The summed E-state index contributed by atoms with van der Waals surface area (Å²) >= 11 is 0. The predicted molar refractivity (Wildman–Crippen MR) is 86.4 cm³/mol. The van der Waals surface area contributed by atoms with Gasteiger partial charge in [0, 0.05) is 6.42 Å². The smallest absolute Gasteiger partial charge is 0.247 e. The Kier molecular flexibility index (Phi) is 5.12. The number of nitrogens with zero attached hydrogens (tertiary/aromatic N) is 4. The Bertz CT molecular complexity index is 692. The van der Waals surface area contributed by atoms with Crippen LogP contribution in [0, 0.1) is 0 Å². The highest BCUT2D eigenvalue weighted by Crippen LogP contribution is 2.32. The molecule has 0 aliphatic carbocycles. The van der Waals surface area contributed by atoms with Crippen LogP contribution in [0.3, 0.4) is 0 Å². The van der Waals surface area contributed by atoms with E-state index in [4.69, 9.17) is 15.2 Å². The minimum absolute atomic E-state index is 0.0898. The summed E-state index contributed by atoms with van der Waals surface area (Å²) in [6, 6.07) is 0. The Labute approximate surface area is 139 Å². The number of unbranched alkanes of at least 4 members (excludes halogenated alkanes) is 2. The number of fused-ring (bicyclic) bond motifs is 1. The van der Waals surface area contributed by atoms with Crippen LogP contribution in [0.1, 0.15) is 38.8 Å². The van der Waals surface area contributed by atoms with Gasteiger partial charge in [0.15, 0.2) is 11.2 Å². The topological polar surface area (TPSA) is 129 Å². The fraction of sp³-hybridized carbons (Fsp3) is 0.667. The van der Waals surface area contributed by atoms with Crippen LogP contribution in [0.25, 0.3) is 11.2 Å². The summed E-state index contributed by atoms with van der Waals surface area (Å²) in [6.07, 6.45) is 3.20. The fourth-order valence-electron chi connectivity index (χ4n) is 2.79. The number of nitrogens with two attached hydrogens (primary N) is 1. The number of anilines is 1. The van der Waals surface area contributed by atoms with Gasteiger partial charge < -0.3 is 25.4 Å². The van der Waals surface area contributed by atoms with Crippen molar-refractivity contribution in [2.24, 2.45) is 0 Å². The molecule has 3 atom stereocenters. The quantitative estimate of drug-likeness (QED) is 0.627. The number of ether oxygens (including phenoxy) is 2. The Morgan fingerprint density at radius 3 is 2.96 bits per heavy atom. The molecule has 132 valence electrons. The number of nitrogen functional groups attached to an aromatic ring is 1. The number of aliphatic hydroxyl groups is 2. The lowest BCUT2D eigenvalue weighted by atomic mass is 10.2.